The van der Waals surface area contributed by atoms with Crippen molar-refractivity contribution in [2.75, 3.05) is 13.2 Å². The molecule has 2 fully saturated rings. The van der Waals surface area contributed by atoms with Crippen molar-refractivity contribution in [3.05, 3.63) is 19.2 Å². The molecular formula is C13H17Br2NOS. The molecule has 2 unspecified atom stereocenters. The summed E-state index contributed by atoms with van der Waals surface area (Å²) in [6.45, 7) is 2.00. The maximum Gasteiger partial charge on any atom is 0.0957 e. The van der Waals surface area contributed by atoms with Gasteiger partial charge in [0.25, 0.3) is 0 Å². The summed E-state index contributed by atoms with van der Waals surface area (Å²) in [6, 6.07) is 2.99. The monoisotopic (exact) mass is 393 g/mol. The van der Waals surface area contributed by atoms with E-state index >= 15 is 0 Å². The number of hydrogen-bond donors (Lipinski definition) is 1. The zero-order chi connectivity index (χ0) is 12.5. The van der Waals surface area contributed by atoms with E-state index in [9.17, 15) is 0 Å². The van der Waals surface area contributed by atoms with Gasteiger partial charge in [-0.25, -0.2) is 0 Å². The molecule has 5 heteroatoms. The molecule has 2 atom stereocenters. The summed E-state index contributed by atoms with van der Waals surface area (Å²) < 4.78 is 8.34. The highest BCUT2D eigenvalue weighted by atomic mass is 79.9. The number of thiophene rings is 1. The van der Waals surface area contributed by atoms with E-state index in [1.54, 1.807) is 11.3 Å². The molecule has 1 aliphatic heterocycles. The van der Waals surface area contributed by atoms with Crippen LogP contribution in [-0.4, -0.2) is 19.2 Å². The maximum absolute atomic E-state index is 6.03. The Bertz CT molecular complexity index is 400. The van der Waals surface area contributed by atoms with E-state index in [4.69, 9.17) is 4.74 Å². The molecule has 1 aromatic rings. The Kier molecular flexibility index (Phi) is 4.46. The van der Waals surface area contributed by atoms with Crippen molar-refractivity contribution in [2.45, 2.75) is 37.8 Å². The van der Waals surface area contributed by atoms with Crippen LogP contribution in [-0.2, 0) is 4.74 Å². The highest BCUT2D eigenvalue weighted by molar-refractivity contribution is 9.13. The van der Waals surface area contributed by atoms with Crippen molar-refractivity contribution in [2.24, 2.45) is 5.92 Å². The number of ether oxygens (including phenoxy) is 1. The van der Waals surface area contributed by atoms with Gasteiger partial charge in [0, 0.05) is 34.5 Å². The molecule has 1 aromatic heterocycles. The van der Waals surface area contributed by atoms with E-state index in [2.05, 4.69) is 43.2 Å². The van der Waals surface area contributed by atoms with Gasteiger partial charge in [-0.05, 0) is 63.6 Å². The van der Waals surface area contributed by atoms with Gasteiger partial charge in [-0.15, -0.1) is 11.3 Å². The van der Waals surface area contributed by atoms with Gasteiger partial charge in [-0.2, -0.15) is 0 Å². The molecule has 2 heterocycles. The molecule has 3 rings (SSSR count). The van der Waals surface area contributed by atoms with Gasteiger partial charge in [0.1, 0.15) is 0 Å². The zero-order valence-electron chi connectivity index (χ0n) is 10.1. The van der Waals surface area contributed by atoms with Crippen LogP contribution >= 0.6 is 43.2 Å². The third kappa shape index (κ3) is 3.18. The fourth-order valence-corrected chi connectivity index (χ4v) is 4.71. The molecule has 1 N–H and O–H groups in total. The second-order valence-electron chi connectivity index (χ2n) is 5.15. The average molecular weight is 395 g/mol. The first kappa shape index (κ1) is 13.6. The maximum atomic E-state index is 6.03. The third-order valence-electron chi connectivity index (χ3n) is 3.64. The molecule has 0 radical (unpaired) electrons. The lowest BCUT2D eigenvalue weighted by Crippen LogP contribution is -2.32. The minimum absolute atomic E-state index is 0.276. The first-order valence-electron chi connectivity index (χ1n) is 6.54. The third-order valence-corrected chi connectivity index (χ3v) is 6.95. The van der Waals surface area contributed by atoms with Crippen LogP contribution in [0, 0.1) is 5.92 Å². The summed E-state index contributed by atoms with van der Waals surface area (Å²) in [5, 5.41) is 3.65. The van der Waals surface area contributed by atoms with Crippen LogP contribution in [0.4, 0.5) is 0 Å². The highest BCUT2D eigenvalue weighted by Gasteiger charge is 2.31. The molecule has 2 aliphatic rings. The Balaban J connectivity index is 1.69. The molecule has 0 amide bonds. The second kappa shape index (κ2) is 5.92. The van der Waals surface area contributed by atoms with Gasteiger partial charge in [-0.1, -0.05) is 0 Å². The molecule has 1 aliphatic carbocycles. The van der Waals surface area contributed by atoms with Crippen molar-refractivity contribution in [3.63, 3.8) is 0 Å². The number of nitrogens with one attached hydrogen (secondary N) is 1. The summed E-state index contributed by atoms with van der Waals surface area (Å²) in [7, 11) is 0. The highest BCUT2D eigenvalue weighted by Crippen LogP contribution is 2.42. The summed E-state index contributed by atoms with van der Waals surface area (Å²) in [4.78, 5) is 1.34. The van der Waals surface area contributed by atoms with Crippen LogP contribution in [0.1, 0.15) is 36.7 Å². The Morgan fingerprint density at radius 1 is 1.33 bits per heavy atom. The number of rotatable bonds is 4. The molecule has 0 spiro atoms. The van der Waals surface area contributed by atoms with Crippen molar-refractivity contribution >= 4 is 43.2 Å². The fourth-order valence-electron chi connectivity index (χ4n) is 2.48. The van der Waals surface area contributed by atoms with E-state index in [0.717, 1.165) is 23.7 Å². The Morgan fingerprint density at radius 2 is 2.17 bits per heavy atom. The van der Waals surface area contributed by atoms with Crippen molar-refractivity contribution in [1.82, 2.24) is 5.32 Å². The quantitative estimate of drug-likeness (QED) is 0.811. The molecule has 100 valence electrons. The molecule has 1 saturated heterocycles. The topological polar surface area (TPSA) is 21.3 Å². The largest absolute Gasteiger partial charge is 0.372 e. The minimum atomic E-state index is 0.276. The summed E-state index contributed by atoms with van der Waals surface area (Å²) in [5.41, 5.74) is 0. The summed E-state index contributed by atoms with van der Waals surface area (Å²) in [5.74, 6) is 0.622. The van der Waals surface area contributed by atoms with Gasteiger partial charge < -0.3 is 10.1 Å². The smallest absolute Gasteiger partial charge is 0.0957 e. The Labute approximate surface area is 129 Å². The lowest BCUT2D eigenvalue weighted by Gasteiger charge is -2.31. The van der Waals surface area contributed by atoms with Gasteiger partial charge in [0.2, 0.25) is 0 Å². The van der Waals surface area contributed by atoms with Crippen molar-refractivity contribution < 1.29 is 4.74 Å². The molecule has 18 heavy (non-hydrogen) atoms. The zero-order valence-corrected chi connectivity index (χ0v) is 14.1. The standard InChI is InChI=1S/C13H17Br2NOS/c14-10-6-11(18-13(10)15)12-8(2-1-5-17-12)7-16-9-3-4-9/h6,8-9,12,16H,1-5,7H2. The molecule has 0 aromatic carbocycles. The predicted octanol–water partition coefficient (Wildman–Crippen LogP) is 4.49. The first-order chi connectivity index (χ1) is 8.74. The first-order valence-corrected chi connectivity index (χ1v) is 8.94. The van der Waals surface area contributed by atoms with E-state index in [1.165, 1.54) is 34.3 Å². The molecule has 0 bridgehead atoms. The minimum Gasteiger partial charge on any atom is -0.372 e. The summed E-state index contributed by atoms with van der Waals surface area (Å²) >= 11 is 8.93. The van der Waals surface area contributed by atoms with Gasteiger partial charge in [0.15, 0.2) is 0 Å². The van der Waals surface area contributed by atoms with E-state index < -0.39 is 0 Å². The lowest BCUT2D eigenvalue weighted by molar-refractivity contribution is -0.0257. The van der Waals surface area contributed by atoms with E-state index in [-0.39, 0.29) is 6.10 Å². The average Bonchev–Trinajstić information content (AvgIpc) is 3.14. The van der Waals surface area contributed by atoms with E-state index in [0.29, 0.717) is 5.92 Å². The molecular weight excluding hydrogens is 378 g/mol. The summed E-state index contributed by atoms with van der Waals surface area (Å²) in [6.07, 6.45) is 5.46. The van der Waals surface area contributed by atoms with Gasteiger partial charge >= 0.3 is 0 Å². The number of hydrogen-bond acceptors (Lipinski definition) is 3. The SMILES string of the molecule is Brc1cc(C2OCCCC2CNC2CC2)sc1Br. The normalized spacial score (nSPS) is 28.6. The van der Waals surface area contributed by atoms with Crippen LogP contribution < -0.4 is 5.32 Å². The van der Waals surface area contributed by atoms with Crippen LogP contribution in [0.25, 0.3) is 0 Å². The second-order valence-corrected chi connectivity index (χ2v) is 8.40. The van der Waals surface area contributed by atoms with Crippen LogP contribution in [0.3, 0.4) is 0 Å². The van der Waals surface area contributed by atoms with Crippen LogP contribution in [0.5, 0.6) is 0 Å². The van der Waals surface area contributed by atoms with Crippen LogP contribution in [0.2, 0.25) is 0 Å². The van der Waals surface area contributed by atoms with E-state index in [1.807, 2.05) is 0 Å². The predicted molar refractivity (Wildman–Crippen MR) is 82.2 cm³/mol. The lowest BCUT2D eigenvalue weighted by atomic mass is 9.93. The molecule has 2 nitrogen and oxygen atoms in total. The van der Waals surface area contributed by atoms with Crippen molar-refractivity contribution in [1.29, 1.82) is 0 Å². The van der Waals surface area contributed by atoms with Crippen LogP contribution in [0.15, 0.2) is 14.3 Å². The van der Waals surface area contributed by atoms with Gasteiger partial charge in [-0.3, -0.25) is 0 Å². The Morgan fingerprint density at radius 3 is 2.83 bits per heavy atom. The van der Waals surface area contributed by atoms with Gasteiger partial charge in [0.05, 0.1) is 9.89 Å². The fraction of sp³-hybridized carbons (Fsp3) is 0.692. The number of halogens is 2. The molecule has 1 saturated carbocycles. The van der Waals surface area contributed by atoms with Crippen molar-refractivity contribution in [3.8, 4) is 0 Å². The Hall–Kier alpha value is 0.580.